The Hall–Kier alpha value is -3.27. The standard InChI is InChI=1S/C30H39N3O10S/c31-28(35)19-40-22-11-6-12-23(16-22)44(37,38)33(43-21-9-4-5-10-21)17-26(34)25(15-20-7-2-1-3-8-20)32-30(36)42-27-18-41-29-24(27)13-14-39-29/h1-3,6-8,11-12,16,21,24-27,29,34H,4-5,9-10,13-15,17-19H2,(H2,31,35)(H,32,36)/t24-,25-,26+,27-,29+/m0/s1. The van der Waals surface area contributed by atoms with Gasteiger partial charge in [-0.25, -0.2) is 13.2 Å². The molecule has 2 aliphatic heterocycles. The fourth-order valence-electron chi connectivity index (χ4n) is 5.66. The first kappa shape index (κ1) is 32.1. The Morgan fingerprint density at radius 2 is 1.84 bits per heavy atom. The fourth-order valence-corrected chi connectivity index (χ4v) is 6.99. The molecule has 3 aliphatic rings. The van der Waals surface area contributed by atoms with Crippen LogP contribution >= 0.6 is 0 Å². The van der Waals surface area contributed by atoms with Crippen molar-refractivity contribution in [2.75, 3.05) is 26.4 Å². The van der Waals surface area contributed by atoms with Crippen LogP contribution in [0.5, 0.6) is 5.75 Å². The van der Waals surface area contributed by atoms with Crippen molar-refractivity contribution < 1.29 is 46.9 Å². The summed E-state index contributed by atoms with van der Waals surface area (Å²) in [6.07, 6.45) is 0.605. The number of aliphatic hydroxyl groups is 1. The van der Waals surface area contributed by atoms with Gasteiger partial charge < -0.3 is 35.1 Å². The molecule has 5 rings (SSSR count). The molecule has 2 heterocycles. The van der Waals surface area contributed by atoms with Crippen molar-refractivity contribution in [3.63, 3.8) is 0 Å². The van der Waals surface area contributed by atoms with Gasteiger partial charge in [-0.15, -0.1) is 0 Å². The maximum Gasteiger partial charge on any atom is 0.407 e. The van der Waals surface area contributed by atoms with Crippen LogP contribution in [-0.4, -0.2) is 87.0 Å². The van der Waals surface area contributed by atoms with E-state index in [9.17, 15) is 23.1 Å². The predicted molar refractivity (Wildman–Crippen MR) is 156 cm³/mol. The number of hydrogen-bond donors (Lipinski definition) is 3. The first-order valence-electron chi connectivity index (χ1n) is 14.8. The SMILES string of the molecule is NC(=O)COc1cccc(S(=O)(=O)N(C[C@@H](O)[C@H](Cc2ccccc2)NC(=O)O[C@H]2CO[C@H]3OCC[C@H]32)OC2CCCC2)c1. The fraction of sp³-hybridized carbons (Fsp3) is 0.533. The molecule has 3 fully saturated rings. The number of primary amides is 1. The van der Waals surface area contributed by atoms with Gasteiger partial charge in [0.05, 0.1) is 48.8 Å². The molecule has 4 N–H and O–H groups in total. The minimum Gasteiger partial charge on any atom is -0.484 e. The van der Waals surface area contributed by atoms with Gasteiger partial charge in [0.15, 0.2) is 12.9 Å². The number of hydroxylamine groups is 1. The van der Waals surface area contributed by atoms with Crippen LogP contribution in [0.1, 0.15) is 37.7 Å². The lowest BCUT2D eigenvalue weighted by atomic mass is 10.0. The number of nitrogens with zero attached hydrogens (tertiary/aromatic N) is 1. The van der Waals surface area contributed by atoms with E-state index in [1.165, 1.54) is 24.3 Å². The molecule has 13 nitrogen and oxygen atoms in total. The normalized spacial score (nSPS) is 23.3. The molecule has 0 spiro atoms. The maximum absolute atomic E-state index is 13.9. The molecule has 1 aliphatic carbocycles. The highest BCUT2D eigenvalue weighted by Crippen LogP contribution is 2.33. The van der Waals surface area contributed by atoms with Crippen LogP contribution in [0.25, 0.3) is 0 Å². The Bertz CT molecular complexity index is 1370. The third-order valence-electron chi connectivity index (χ3n) is 7.97. The van der Waals surface area contributed by atoms with Gasteiger partial charge in [-0.05, 0) is 43.4 Å². The van der Waals surface area contributed by atoms with Gasteiger partial charge in [0.2, 0.25) is 0 Å². The molecule has 0 radical (unpaired) electrons. The zero-order valence-electron chi connectivity index (χ0n) is 24.3. The molecule has 5 atom stereocenters. The van der Waals surface area contributed by atoms with Crippen molar-refractivity contribution in [2.24, 2.45) is 11.7 Å². The number of amides is 2. The van der Waals surface area contributed by atoms with Gasteiger partial charge in [-0.3, -0.25) is 9.63 Å². The minimum absolute atomic E-state index is 0.0681. The predicted octanol–water partition coefficient (Wildman–Crippen LogP) is 1.88. The number of benzene rings is 2. The molecule has 2 aromatic rings. The van der Waals surface area contributed by atoms with Gasteiger partial charge in [0.25, 0.3) is 15.9 Å². The molecular weight excluding hydrogens is 594 g/mol. The lowest BCUT2D eigenvalue weighted by Gasteiger charge is -2.31. The van der Waals surface area contributed by atoms with E-state index >= 15 is 0 Å². The van der Waals surface area contributed by atoms with Crippen molar-refractivity contribution in [3.8, 4) is 5.75 Å². The summed E-state index contributed by atoms with van der Waals surface area (Å²) in [6.45, 7) is -0.168. The summed E-state index contributed by atoms with van der Waals surface area (Å²) < 4.78 is 50.6. The molecule has 1 saturated carbocycles. The summed E-state index contributed by atoms with van der Waals surface area (Å²) in [5.41, 5.74) is 5.97. The number of rotatable bonds is 14. The monoisotopic (exact) mass is 633 g/mol. The number of aliphatic hydroxyl groups excluding tert-OH is 1. The molecular formula is C30H39N3O10S. The van der Waals surface area contributed by atoms with Gasteiger partial charge in [0.1, 0.15) is 11.9 Å². The van der Waals surface area contributed by atoms with Crippen LogP contribution in [-0.2, 0) is 40.3 Å². The number of alkyl carbamates (subject to hydrolysis) is 1. The number of carbonyl (C=O) groups is 2. The number of hydrogen-bond acceptors (Lipinski definition) is 10. The first-order chi connectivity index (χ1) is 21.2. The highest BCUT2D eigenvalue weighted by molar-refractivity contribution is 7.89. The quantitative estimate of drug-likeness (QED) is 0.261. The van der Waals surface area contributed by atoms with Gasteiger partial charge in [0, 0.05) is 6.07 Å². The summed E-state index contributed by atoms with van der Waals surface area (Å²) in [5.74, 6) is -0.648. The summed E-state index contributed by atoms with van der Waals surface area (Å²) in [5, 5.41) is 14.3. The Balaban J connectivity index is 1.34. The maximum atomic E-state index is 13.9. The van der Waals surface area contributed by atoms with E-state index in [4.69, 9.17) is 29.5 Å². The highest BCUT2D eigenvalue weighted by atomic mass is 32.2. The third-order valence-corrected chi connectivity index (χ3v) is 9.59. The number of carbonyl (C=O) groups excluding carboxylic acids is 2. The smallest absolute Gasteiger partial charge is 0.407 e. The molecule has 2 amide bonds. The van der Waals surface area contributed by atoms with Crippen molar-refractivity contribution in [2.45, 2.75) is 74.1 Å². The number of fused-ring (bicyclic) bond motifs is 1. The van der Waals surface area contributed by atoms with E-state index < -0.39 is 59.7 Å². The molecule has 14 heteroatoms. The van der Waals surface area contributed by atoms with Crippen molar-refractivity contribution in [1.82, 2.24) is 9.79 Å². The summed E-state index contributed by atoms with van der Waals surface area (Å²) in [6, 6.07) is 13.9. The van der Waals surface area contributed by atoms with Gasteiger partial charge >= 0.3 is 6.09 Å². The van der Waals surface area contributed by atoms with E-state index in [-0.39, 0.29) is 35.7 Å². The third kappa shape index (κ3) is 8.25. The van der Waals surface area contributed by atoms with Crippen LogP contribution in [0.4, 0.5) is 4.79 Å². The summed E-state index contributed by atoms with van der Waals surface area (Å²) in [7, 11) is -4.33. The van der Waals surface area contributed by atoms with E-state index in [1.807, 2.05) is 30.3 Å². The molecule has 0 bridgehead atoms. The largest absolute Gasteiger partial charge is 0.484 e. The molecule has 0 aromatic heterocycles. The zero-order chi connectivity index (χ0) is 31.1. The zero-order valence-corrected chi connectivity index (χ0v) is 25.1. The second kappa shape index (κ2) is 14.7. The number of nitrogens with two attached hydrogens (primary N) is 1. The highest BCUT2D eigenvalue weighted by Gasteiger charge is 2.44. The lowest BCUT2D eigenvalue weighted by Crippen LogP contribution is -2.51. The Morgan fingerprint density at radius 3 is 2.59 bits per heavy atom. The Kier molecular flexibility index (Phi) is 10.7. The molecule has 2 aromatic carbocycles. The van der Waals surface area contributed by atoms with Crippen LogP contribution in [0.15, 0.2) is 59.5 Å². The van der Waals surface area contributed by atoms with Crippen molar-refractivity contribution >= 4 is 22.0 Å². The topological polar surface area (TPSA) is 176 Å². The summed E-state index contributed by atoms with van der Waals surface area (Å²) >= 11 is 0. The van der Waals surface area contributed by atoms with Crippen LogP contribution < -0.4 is 15.8 Å². The lowest BCUT2D eigenvalue weighted by molar-refractivity contribution is -0.145. The minimum atomic E-state index is -4.33. The Labute approximate surface area is 256 Å². The number of nitrogens with one attached hydrogen (secondary N) is 1. The van der Waals surface area contributed by atoms with E-state index in [2.05, 4.69) is 5.32 Å². The summed E-state index contributed by atoms with van der Waals surface area (Å²) in [4.78, 5) is 30.1. The van der Waals surface area contributed by atoms with Crippen molar-refractivity contribution in [1.29, 1.82) is 0 Å². The van der Waals surface area contributed by atoms with E-state index in [1.54, 1.807) is 0 Å². The number of ether oxygens (including phenoxy) is 4. The second-order valence-electron chi connectivity index (χ2n) is 11.2. The molecule has 240 valence electrons. The number of sulfonamides is 1. The van der Waals surface area contributed by atoms with E-state index in [0.29, 0.717) is 25.9 Å². The van der Waals surface area contributed by atoms with Gasteiger partial charge in [-0.2, -0.15) is 0 Å². The van der Waals surface area contributed by atoms with Crippen LogP contribution in [0.2, 0.25) is 0 Å². The van der Waals surface area contributed by atoms with E-state index in [0.717, 1.165) is 22.9 Å². The van der Waals surface area contributed by atoms with Crippen molar-refractivity contribution in [3.05, 3.63) is 60.2 Å². The molecule has 0 unspecified atom stereocenters. The average Bonchev–Trinajstić information content (AvgIpc) is 3.77. The van der Waals surface area contributed by atoms with Gasteiger partial charge in [-0.1, -0.05) is 53.7 Å². The Morgan fingerprint density at radius 1 is 1.07 bits per heavy atom. The van der Waals surface area contributed by atoms with Crippen LogP contribution in [0, 0.1) is 5.92 Å². The van der Waals surface area contributed by atoms with Crippen LogP contribution in [0.3, 0.4) is 0 Å². The molecule has 44 heavy (non-hydrogen) atoms. The average molecular weight is 634 g/mol. The second-order valence-corrected chi connectivity index (χ2v) is 13.0. The molecule has 2 saturated heterocycles. The first-order valence-corrected chi connectivity index (χ1v) is 16.3.